The Kier molecular flexibility index (Phi) is 8.08. The van der Waals surface area contributed by atoms with E-state index in [9.17, 15) is 14.0 Å². The monoisotopic (exact) mass is 480 g/mol. The molecule has 1 N–H and O–H groups in total. The van der Waals surface area contributed by atoms with E-state index in [1.807, 2.05) is 11.0 Å². The zero-order valence-electron chi connectivity index (χ0n) is 17.4. The van der Waals surface area contributed by atoms with E-state index in [2.05, 4.69) is 10.3 Å². The first-order valence-corrected chi connectivity index (χ1v) is 11.0. The maximum atomic E-state index is 14.6. The lowest BCUT2D eigenvalue weighted by Gasteiger charge is -2.37. The van der Waals surface area contributed by atoms with Gasteiger partial charge < -0.3 is 5.11 Å². The number of hydrogen-bond acceptors (Lipinski definition) is 6. The minimum Gasteiger partial charge on any atom is -0.481 e. The summed E-state index contributed by atoms with van der Waals surface area (Å²) in [7, 11) is 0. The number of nitrogens with zero attached hydrogens (tertiary/aromatic N) is 4. The van der Waals surface area contributed by atoms with Crippen molar-refractivity contribution in [3.63, 3.8) is 0 Å². The number of rotatable bonds is 8. The van der Waals surface area contributed by atoms with Crippen molar-refractivity contribution in [2.24, 2.45) is 5.92 Å². The Hall–Kier alpha value is -2.23. The summed E-state index contributed by atoms with van der Waals surface area (Å²) in [6, 6.07) is 5.90. The van der Waals surface area contributed by atoms with Crippen LogP contribution in [0.3, 0.4) is 0 Å². The number of carboxylic acids is 1. The molecule has 1 aromatic heterocycles. The third kappa shape index (κ3) is 5.76. The van der Waals surface area contributed by atoms with E-state index in [-0.39, 0.29) is 48.1 Å². The number of likely N-dealkylation sites (tertiary alicyclic amines) is 1. The summed E-state index contributed by atoms with van der Waals surface area (Å²) < 4.78 is 16.1. The summed E-state index contributed by atoms with van der Waals surface area (Å²) in [5.74, 6) is -1.16. The van der Waals surface area contributed by atoms with Gasteiger partial charge in [0.1, 0.15) is 11.5 Å². The van der Waals surface area contributed by atoms with Gasteiger partial charge in [-0.3, -0.25) is 19.2 Å². The lowest BCUT2D eigenvalue weighted by atomic mass is 9.93. The molecule has 172 valence electrons. The van der Waals surface area contributed by atoms with Crippen LogP contribution in [0.5, 0.6) is 0 Å². The van der Waals surface area contributed by atoms with Crippen LogP contribution < -0.4 is 0 Å². The van der Waals surface area contributed by atoms with Crippen molar-refractivity contribution in [2.75, 3.05) is 13.1 Å². The zero-order chi connectivity index (χ0) is 22.0. The number of hydrogen-bond donors (Lipinski definition) is 2. The summed E-state index contributed by atoms with van der Waals surface area (Å²) in [5.41, 5.74) is 2.01. The van der Waals surface area contributed by atoms with Gasteiger partial charge in [-0.25, -0.2) is 4.39 Å². The van der Waals surface area contributed by atoms with E-state index in [0.29, 0.717) is 24.3 Å². The first kappa shape index (κ1) is 24.4. The second-order valence-corrected chi connectivity index (χ2v) is 8.77. The molecule has 2 aliphatic rings. The molecule has 1 aromatic carbocycles. The highest BCUT2D eigenvalue weighted by Crippen LogP contribution is 2.39. The van der Waals surface area contributed by atoms with Gasteiger partial charge >= 0.3 is 5.97 Å². The molecule has 4 rings (SSSR count). The molecular weight excluding hydrogens is 455 g/mol. The van der Waals surface area contributed by atoms with Crippen molar-refractivity contribution in [3.05, 3.63) is 53.1 Å². The fourth-order valence-corrected chi connectivity index (χ4v) is 4.23. The number of carbonyl (C=O) groups is 2. The van der Waals surface area contributed by atoms with Crippen LogP contribution in [0.15, 0.2) is 36.0 Å². The Morgan fingerprint density at radius 1 is 1.28 bits per heavy atom. The number of aryl methyl sites for hydroxylation is 1. The Balaban J connectivity index is 0.00000289. The van der Waals surface area contributed by atoms with E-state index in [4.69, 9.17) is 17.7 Å². The van der Waals surface area contributed by atoms with Gasteiger partial charge in [0.25, 0.3) is 0 Å². The number of piperidine rings is 1. The van der Waals surface area contributed by atoms with Gasteiger partial charge in [0.2, 0.25) is 0 Å². The molecule has 1 aliphatic heterocycles. The van der Waals surface area contributed by atoms with Gasteiger partial charge in [0.05, 0.1) is 25.2 Å². The molecule has 7 nitrogen and oxygen atoms in total. The summed E-state index contributed by atoms with van der Waals surface area (Å²) in [5, 5.41) is 16.9. The minimum atomic E-state index is -0.895. The molecule has 1 aliphatic carbocycles. The van der Waals surface area contributed by atoms with Gasteiger partial charge in [0.15, 0.2) is 5.78 Å². The van der Waals surface area contributed by atoms with Gasteiger partial charge in [-0.05, 0) is 37.0 Å². The smallest absolute Gasteiger partial charge is 0.305 e. The normalized spacial score (nSPS) is 21.2. The third-order valence-electron chi connectivity index (χ3n) is 5.76. The SMILES string of the molecule is Cl.O=C(O)CCn1cc(/C=C2\CN(C(C(=O)C3CC3)c3ccccc3F)CCC2S)nn1. The molecule has 2 aromatic rings. The van der Waals surface area contributed by atoms with Crippen LogP contribution in [0.4, 0.5) is 4.39 Å². The van der Waals surface area contributed by atoms with E-state index >= 15 is 0 Å². The zero-order valence-corrected chi connectivity index (χ0v) is 19.1. The van der Waals surface area contributed by atoms with Crippen molar-refractivity contribution in [2.45, 2.75) is 43.5 Å². The molecule has 2 atom stereocenters. The standard InChI is InChI=1S/C22H25FN4O3S.ClH/c23-18-4-2-1-3-17(18)21(22(30)14-5-6-14)26-9-7-19(31)15(12-26)11-16-13-27(25-24-16)10-8-20(28)29;/h1-4,11,13-14,19,21,31H,5-10,12H2,(H,28,29);1H/b15-11+;. The first-order chi connectivity index (χ1) is 14.9. The summed E-state index contributed by atoms with van der Waals surface area (Å²) >= 11 is 4.70. The highest BCUT2D eigenvalue weighted by Gasteiger charge is 2.40. The minimum absolute atomic E-state index is 0. The number of aromatic nitrogens is 3. The number of halogens is 2. The number of carboxylic acid groups (broad SMARTS) is 1. The number of thiol groups is 1. The molecule has 1 saturated heterocycles. The van der Waals surface area contributed by atoms with Crippen LogP contribution in [0, 0.1) is 11.7 Å². The van der Waals surface area contributed by atoms with Crippen molar-refractivity contribution >= 4 is 42.9 Å². The number of carbonyl (C=O) groups excluding carboxylic acids is 1. The predicted octanol–water partition coefficient (Wildman–Crippen LogP) is 3.42. The Morgan fingerprint density at radius 3 is 2.72 bits per heavy atom. The highest BCUT2D eigenvalue weighted by molar-refractivity contribution is 7.81. The predicted molar refractivity (Wildman–Crippen MR) is 123 cm³/mol. The Morgan fingerprint density at radius 2 is 2.03 bits per heavy atom. The van der Waals surface area contributed by atoms with Crippen LogP contribution in [0.1, 0.15) is 43.0 Å². The quantitative estimate of drug-likeness (QED) is 0.563. The van der Waals surface area contributed by atoms with Gasteiger partial charge in [-0.15, -0.1) is 17.5 Å². The fraction of sp³-hybridized carbons (Fsp3) is 0.455. The van der Waals surface area contributed by atoms with Gasteiger partial charge in [-0.1, -0.05) is 23.4 Å². The van der Waals surface area contributed by atoms with Gasteiger partial charge in [0, 0.05) is 29.8 Å². The molecule has 0 amide bonds. The first-order valence-electron chi connectivity index (χ1n) is 10.4. The number of Topliss-reactive ketones (excluding diaryl/α,β-unsaturated/α-hetero) is 1. The second-order valence-electron chi connectivity index (χ2n) is 8.15. The van der Waals surface area contributed by atoms with Crippen LogP contribution in [0.25, 0.3) is 6.08 Å². The van der Waals surface area contributed by atoms with E-state index < -0.39 is 12.0 Å². The molecule has 32 heavy (non-hydrogen) atoms. The van der Waals surface area contributed by atoms with Crippen molar-refractivity contribution in [1.29, 1.82) is 0 Å². The highest BCUT2D eigenvalue weighted by atomic mass is 35.5. The summed E-state index contributed by atoms with van der Waals surface area (Å²) in [6.07, 6.45) is 6.01. The second kappa shape index (κ2) is 10.6. The molecule has 1 saturated carbocycles. The summed E-state index contributed by atoms with van der Waals surface area (Å²) in [4.78, 5) is 25.9. The van der Waals surface area contributed by atoms with Crippen molar-refractivity contribution in [1.82, 2.24) is 19.9 Å². The van der Waals surface area contributed by atoms with Crippen LogP contribution in [-0.4, -0.2) is 55.1 Å². The maximum Gasteiger partial charge on any atom is 0.305 e. The molecular formula is C22H26ClFN4O3S. The van der Waals surface area contributed by atoms with Crippen molar-refractivity contribution in [3.8, 4) is 0 Å². The van der Waals surface area contributed by atoms with E-state index in [0.717, 1.165) is 24.8 Å². The topological polar surface area (TPSA) is 88.3 Å². The fourth-order valence-electron chi connectivity index (χ4n) is 3.96. The molecule has 2 heterocycles. The maximum absolute atomic E-state index is 14.6. The summed E-state index contributed by atoms with van der Waals surface area (Å²) in [6.45, 7) is 1.37. The molecule has 0 radical (unpaired) electrons. The number of aliphatic carboxylic acids is 1. The lowest BCUT2D eigenvalue weighted by Crippen LogP contribution is -2.42. The van der Waals surface area contributed by atoms with E-state index in [1.165, 1.54) is 10.7 Å². The number of benzene rings is 1. The molecule has 0 spiro atoms. The lowest BCUT2D eigenvalue weighted by molar-refractivity contribution is -0.137. The number of ketones is 1. The molecule has 0 bridgehead atoms. The molecule has 2 fully saturated rings. The van der Waals surface area contributed by atoms with Crippen LogP contribution in [-0.2, 0) is 16.1 Å². The third-order valence-corrected chi connectivity index (χ3v) is 6.35. The Labute approximate surface area is 197 Å². The average molecular weight is 481 g/mol. The largest absolute Gasteiger partial charge is 0.481 e. The van der Waals surface area contributed by atoms with Gasteiger partial charge in [-0.2, -0.15) is 12.6 Å². The Bertz CT molecular complexity index is 1010. The van der Waals surface area contributed by atoms with Crippen molar-refractivity contribution < 1.29 is 19.1 Å². The molecule has 10 heteroatoms. The average Bonchev–Trinajstić information content (AvgIpc) is 3.50. The van der Waals surface area contributed by atoms with Crippen LogP contribution in [0.2, 0.25) is 0 Å². The van der Waals surface area contributed by atoms with Crippen LogP contribution >= 0.6 is 25.0 Å². The molecule has 2 unspecified atom stereocenters. The van der Waals surface area contributed by atoms with E-state index in [1.54, 1.807) is 24.4 Å².